The third-order valence-corrected chi connectivity index (χ3v) is 6.48. The second-order valence-corrected chi connectivity index (χ2v) is 7.64. The molecule has 132 valence electrons. The molecule has 1 aromatic carbocycles. The van der Waals surface area contributed by atoms with Crippen molar-refractivity contribution in [3.63, 3.8) is 0 Å². The van der Waals surface area contributed by atoms with E-state index in [9.17, 15) is 19.7 Å². The molecule has 5 unspecified atom stereocenters. The molecular weight excluding hydrogens is 324 g/mol. The molecule has 0 saturated heterocycles. The maximum Gasteiger partial charge on any atom is 0.310 e. The van der Waals surface area contributed by atoms with Crippen molar-refractivity contribution in [2.24, 2.45) is 28.9 Å². The Kier molecular flexibility index (Phi) is 3.39. The summed E-state index contributed by atoms with van der Waals surface area (Å²) in [7, 11) is 1.37. The molecule has 1 aromatic rings. The Morgan fingerprint density at radius 3 is 2.76 bits per heavy atom. The van der Waals surface area contributed by atoms with Gasteiger partial charge in [-0.15, -0.1) is 0 Å². The molecule has 0 heterocycles. The number of Topliss-reactive ketones (excluding diaryl/α,β-unsaturated/α-hetero) is 1. The normalized spacial score (nSPS) is 35.6. The number of ketones is 1. The third-order valence-electron chi connectivity index (χ3n) is 6.48. The number of ether oxygens (including phenoxy) is 1. The molecule has 0 aromatic heterocycles. The Balaban J connectivity index is 1.84. The van der Waals surface area contributed by atoms with E-state index in [1.807, 2.05) is 0 Å². The van der Waals surface area contributed by atoms with E-state index < -0.39 is 10.3 Å². The van der Waals surface area contributed by atoms with E-state index in [1.165, 1.54) is 13.2 Å². The number of nitrogens with zero attached hydrogens (tertiary/aromatic N) is 1. The summed E-state index contributed by atoms with van der Waals surface area (Å²) in [4.78, 5) is 35.8. The van der Waals surface area contributed by atoms with E-state index >= 15 is 0 Å². The second-order valence-electron chi connectivity index (χ2n) is 7.64. The van der Waals surface area contributed by atoms with Crippen molar-refractivity contribution in [3.8, 4) is 5.75 Å². The number of hydrogen-bond acceptors (Lipinski definition) is 5. The predicted octanol–water partition coefficient (Wildman–Crippen LogP) is 2.18. The van der Waals surface area contributed by atoms with Crippen LogP contribution in [0.2, 0.25) is 0 Å². The standard InChI is InChI=1S/C18H20N2O5/c1-25-14-6-10(2-3-13(14)20(23)24)15-12-5-9-4-11(16(12)21)8-18(15,7-9)17(19)22/h2-3,6,9,11-12,15H,4-5,7-8H2,1H3,(H2,19,22). The zero-order valence-electron chi connectivity index (χ0n) is 13.9. The molecular formula is C18H20N2O5. The van der Waals surface area contributed by atoms with Crippen LogP contribution in [0.5, 0.6) is 5.75 Å². The van der Waals surface area contributed by atoms with Gasteiger partial charge in [-0.25, -0.2) is 0 Å². The van der Waals surface area contributed by atoms with E-state index in [0.29, 0.717) is 18.8 Å². The van der Waals surface area contributed by atoms with Gasteiger partial charge in [0.25, 0.3) is 0 Å². The van der Waals surface area contributed by atoms with Crippen LogP contribution in [0.1, 0.15) is 37.2 Å². The zero-order valence-corrected chi connectivity index (χ0v) is 13.9. The monoisotopic (exact) mass is 344 g/mol. The van der Waals surface area contributed by atoms with Crippen LogP contribution in [-0.2, 0) is 9.59 Å². The van der Waals surface area contributed by atoms with Crippen LogP contribution in [0.15, 0.2) is 18.2 Å². The molecule has 0 spiro atoms. The Bertz CT molecular complexity index is 792. The largest absolute Gasteiger partial charge is 0.490 e. The molecule has 5 atom stereocenters. The number of nitrogens with two attached hydrogens (primary N) is 1. The number of nitro benzene ring substituents is 1. The topological polar surface area (TPSA) is 113 Å². The summed E-state index contributed by atoms with van der Waals surface area (Å²) < 4.78 is 5.17. The third kappa shape index (κ3) is 2.11. The van der Waals surface area contributed by atoms with E-state index in [4.69, 9.17) is 10.5 Å². The molecule has 7 nitrogen and oxygen atoms in total. The summed E-state index contributed by atoms with van der Waals surface area (Å²) >= 11 is 0. The van der Waals surface area contributed by atoms with Crippen LogP contribution in [0, 0.1) is 33.3 Å². The van der Waals surface area contributed by atoms with Crippen LogP contribution in [-0.4, -0.2) is 23.7 Å². The van der Waals surface area contributed by atoms with Crippen molar-refractivity contribution in [2.45, 2.75) is 31.6 Å². The minimum atomic E-state index is -0.731. The van der Waals surface area contributed by atoms with E-state index in [2.05, 4.69) is 0 Å². The van der Waals surface area contributed by atoms with E-state index in [1.54, 1.807) is 12.1 Å². The molecule has 4 aliphatic rings. The molecule has 1 amide bonds. The summed E-state index contributed by atoms with van der Waals surface area (Å²) in [5.74, 6) is -0.253. The van der Waals surface area contributed by atoms with Crippen molar-refractivity contribution in [3.05, 3.63) is 33.9 Å². The van der Waals surface area contributed by atoms with Crippen LogP contribution in [0.4, 0.5) is 5.69 Å². The van der Waals surface area contributed by atoms with Crippen LogP contribution in [0.3, 0.4) is 0 Å². The molecule has 4 fully saturated rings. The first-order valence-electron chi connectivity index (χ1n) is 8.53. The zero-order chi connectivity index (χ0) is 17.9. The Labute approximate surface area is 144 Å². The minimum absolute atomic E-state index is 0.0683. The van der Waals surface area contributed by atoms with Crippen molar-refractivity contribution in [1.82, 2.24) is 0 Å². The summed E-state index contributed by atoms with van der Waals surface area (Å²) in [5.41, 5.74) is 5.70. The van der Waals surface area contributed by atoms with Gasteiger partial charge in [0.1, 0.15) is 5.78 Å². The van der Waals surface area contributed by atoms with Crippen molar-refractivity contribution < 1.29 is 19.2 Å². The van der Waals surface area contributed by atoms with Crippen molar-refractivity contribution in [1.29, 1.82) is 0 Å². The molecule has 4 bridgehead atoms. The highest BCUT2D eigenvalue weighted by atomic mass is 16.6. The molecule has 2 N–H and O–H groups in total. The number of hydrogen-bond donors (Lipinski definition) is 1. The lowest BCUT2D eigenvalue weighted by molar-refractivity contribution is -0.385. The highest BCUT2D eigenvalue weighted by molar-refractivity contribution is 5.92. The van der Waals surface area contributed by atoms with Crippen LogP contribution in [0.25, 0.3) is 0 Å². The molecule has 4 aliphatic carbocycles. The smallest absolute Gasteiger partial charge is 0.310 e. The van der Waals surface area contributed by atoms with Gasteiger partial charge >= 0.3 is 5.69 Å². The van der Waals surface area contributed by atoms with Gasteiger partial charge in [-0.1, -0.05) is 6.07 Å². The fraction of sp³-hybridized carbons (Fsp3) is 0.556. The summed E-state index contributed by atoms with van der Waals surface area (Å²) in [6, 6.07) is 4.63. The lowest BCUT2D eigenvalue weighted by Gasteiger charge is -2.58. The number of amides is 1. The molecule has 5 rings (SSSR count). The van der Waals surface area contributed by atoms with Gasteiger partial charge in [-0.05, 0) is 43.2 Å². The predicted molar refractivity (Wildman–Crippen MR) is 88.0 cm³/mol. The average molecular weight is 344 g/mol. The number of nitro groups is 1. The fourth-order valence-corrected chi connectivity index (χ4v) is 5.67. The molecule has 0 radical (unpaired) electrons. The first-order chi connectivity index (χ1) is 11.9. The fourth-order valence-electron chi connectivity index (χ4n) is 5.67. The number of primary amides is 1. The van der Waals surface area contributed by atoms with Gasteiger partial charge in [-0.3, -0.25) is 19.7 Å². The highest BCUT2D eigenvalue weighted by Gasteiger charge is 2.63. The Morgan fingerprint density at radius 2 is 2.12 bits per heavy atom. The van der Waals surface area contributed by atoms with Gasteiger partial charge in [0.15, 0.2) is 5.75 Å². The van der Waals surface area contributed by atoms with Crippen LogP contribution < -0.4 is 10.5 Å². The lowest BCUT2D eigenvalue weighted by Crippen LogP contribution is -2.60. The maximum atomic E-state index is 12.8. The SMILES string of the molecule is COc1cc(C2C3CC4CC(CC2(C(N)=O)C4)C3=O)ccc1[N+](=O)[O-]. The minimum Gasteiger partial charge on any atom is -0.490 e. The average Bonchev–Trinajstić information content (AvgIpc) is 2.58. The maximum absolute atomic E-state index is 12.8. The molecule has 4 saturated carbocycles. The number of rotatable bonds is 4. The molecule has 0 aliphatic heterocycles. The number of methoxy groups -OCH3 is 1. The molecule has 7 heteroatoms. The number of carbonyl (C=O) groups excluding carboxylic acids is 2. The Morgan fingerprint density at radius 1 is 1.36 bits per heavy atom. The highest BCUT2D eigenvalue weighted by Crippen LogP contribution is 2.64. The van der Waals surface area contributed by atoms with Crippen molar-refractivity contribution in [2.75, 3.05) is 7.11 Å². The summed E-state index contributed by atoms with van der Waals surface area (Å²) in [6.07, 6.45) is 2.83. The first kappa shape index (κ1) is 16.1. The quantitative estimate of drug-likeness (QED) is 0.664. The van der Waals surface area contributed by atoms with Crippen LogP contribution >= 0.6 is 0 Å². The summed E-state index contributed by atoms with van der Waals surface area (Å²) in [5, 5.41) is 11.1. The lowest BCUT2D eigenvalue weighted by atomic mass is 9.43. The van der Waals surface area contributed by atoms with E-state index in [-0.39, 0.29) is 40.9 Å². The second kappa shape index (κ2) is 5.28. The number of benzene rings is 1. The van der Waals surface area contributed by atoms with Gasteiger partial charge in [0.2, 0.25) is 5.91 Å². The van der Waals surface area contributed by atoms with Crippen molar-refractivity contribution >= 4 is 17.4 Å². The molecule has 25 heavy (non-hydrogen) atoms. The Hall–Kier alpha value is -2.44. The van der Waals surface area contributed by atoms with Gasteiger partial charge in [-0.2, -0.15) is 0 Å². The number of carbonyl (C=O) groups is 2. The van der Waals surface area contributed by atoms with Gasteiger partial charge in [0.05, 0.1) is 17.4 Å². The first-order valence-corrected chi connectivity index (χ1v) is 8.53. The van der Waals surface area contributed by atoms with Gasteiger partial charge < -0.3 is 10.5 Å². The summed E-state index contributed by atoms with van der Waals surface area (Å²) in [6.45, 7) is 0. The van der Waals surface area contributed by atoms with Gasteiger partial charge in [0, 0.05) is 23.8 Å². The van der Waals surface area contributed by atoms with E-state index in [0.717, 1.165) is 18.4 Å².